The van der Waals surface area contributed by atoms with E-state index in [1.807, 2.05) is 36.1 Å². The van der Waals surface area contributed by atoms with Crippen LogP contribution < -0.4 is 10.6 Å². The highest BCUT2D eigenvalue weighted by atomic mass is 19.4. The predicted molar refractivity (Wildman–Crippen MR) is 79.0 cm³/mol. The molecule has 2 rings (SSSR count). The number of nitrogens with two attached hydrogens (primary N) is 1. The van der Waals surface area contributed by atoms with Gasteiger partial charge in [-0.3, -0.25) is 0 Å². The van der Waals surface area contributed by atoms with Crippen molar-refractivity contribution in [2.24, 2.45) is 0 Å². The quantitative estimate of drug-likeness (QED) is 0.851. The average Bonchev–Trinajstić information content (AvgIpc) is 2.46. The van der Waals surface area contributed by atoms with Crippen LogP contribution in [0.4, 0.5) is 24.5 Å². The highest BCUT2D eigenvalue weighted by molar-refractivity contribution is 5.49. The number of hydrogen-bond donors (Lipinski definition) is 1. The molecule has 21 heavy (non-hydrogen) atoms. The Kier molecular flexibility index (Phi) is 4.40. The molecule has 112 valence electrons. The van der Waals surface area contributed by atoms with E-state index in [0.717, 1.165) is 23.4 Å². The van der Waals surface area contributed by atoms with Crippen LogP contribution in [0.3, 0.4) is 0 Å². The Balaban J connectivity index is 2.15. The van der Waals surface area contributed by atoms with Gasteiger partial charge in [-0.2, -0.15) is 13.2 Å². The topological polar surface area (TPSA) is 29.3 Å². The molecular weight excluding hydrogens is 277 g/mol. The number of nitrogens with zero attached hydrogens (tertiary/aromatic N) is 1. The third kappa shape index (κ3) is 3.90. The summed E-state index contributed by atoms with van der Waals surface area (Å²) < 4.78 is 37.7. The highest BCUT2D eigenvalue weighted by Gasteiger charge is 2.30. The molecular formula is C16H17F3N2. The molecule has 2 nitrogen and oxygen atoms in total. The molecule has 0 heterocycles. The van der Waals surface area contributed by atoms with Gasteiger partial charge in [-0.05, 0) is 48.9 Å². The summed E-state index contributed by atoms with van der Waals surface area (Å²) in [4.78, 5) is 2.01. The van der Waals surface area contributed by atoms with Gasteiger partial charge < -0.3 is 10.6 Å². The molecule has 5 heteroatoms. The molecule has 0 fully saturated rings. The van der Waals surface area contributed by atoms with Crippen molar-refractivity contribution in [1.29, 1.82) is 0 Å². The van der Waals surface area contributed by atoms with Crippen LogP contribution in [0, 0.1) is 0 Å². The van der Waals surface area contributed by atoms with E-state index in [2.05, 4.69) is 0 Å². The van der Waals surface area contributed by atoms with Crippen molar-refractivity contribution >= 4 is 11.4 Å². The zero-order chi connectivity index (χ0) is 15.5. The van der Waals surface area contributed by atoms with Gasteiger partial charge in [0.25, 0.3) is 0 Å². The fourth-order valence-corrected chi connectivity index (χ4v) is 2.09. The van der Waals surface area contributed by atoms with Gasteiger partial charge >= 0.3 is 6.18 Å². The smallest absolute Gasteiger partial charge is 0.399 e. The van der Waals surface area contributed by atoms with Crippen LogP contribution >= 0.6 is 0 Å². The van der Waals surface area contributed by atoms with Gasteiger partial charge in [0.15, 0.2) is 0 Å². The van der Waals surface area contributed by atoms with Crippen LogP contribution in [0.25, 0.3) is 0 Å². The molecule has 0 saturated carbocycles. The molecule has 2 aromatic rings. The lowest BCUT2D eigenvalue weighted by Gasteiger charge is -2.23. The van der Waals surface area contributed by atoms with Gasteiger partial charge in [0.2, 0.25) is 0 Å². The minimum absolute atomic E-state index is 0.627. The van der Waals surface area contributed by atoms with Crippen molar-refractivity contribution in [3.63, 3.8) is 0 Å². The molecule has 0 bridgehead atoms. The number of benzene rings is 2. The van der Waals surface area contributed by atoms with Crippen LogP contribution in [0.1, 0.15) is 18.1 Å². The van der Waals surface area contributed by atoms with Crippen LogP contribution in [-0.4, -0.2) is 6.54 Å². The van der Waals surface area contributed by atoms with Crippen LogP contribution in [0.15, 0.2) is 48.5 Å². The largest absolute Gasteiger partial charge is 0.416 e. The first-order valence-electron chi connectivity index (χ1n) is 6.67. The summed E-state index contributed by atoms with van der Waals surface area (Å²) in [5.41, 5.74) is 7.53. The first-order chi connectivity index (χ1) is 9.90. The van der Waals surface area contributed by atoms with E-state index >= 15 is 0 Å². The number of rotatable bonds is 4. The molecule has 0 aliphatic heterocycles. The third-order valence-electron chi connectivity index (χ3n) is 3.29. The molecule has 0 radical (unpaired) electrons. The van der Waals surface area contributed by atoms with Crippen LogP contribution in [0.5, 0.6) is 0 Å². The predicted octanol–water partition coefficient (Wildman–Crippen LogP) is 4.31. The Bertz CT molecular complexity index is 574. The van der Waals surface area contributed by atoms with Gasteiger partial charge in [-0.15, -0.1) is 0 Å². The maximum Gasteiger partial charge on any atom is 0.416 e. The minimum atomic E-state index is -4.30. The third-order valence-corrected chi connectivity index (χ3v) is 3.29. The Hall–Kier alpha value is -2.17. The molecule has 0 saturated heterocycles. The first-order valence-corrected chi connectivity index (χ1v) is 6.67. The summed E-state index contributed by atoms with van der Waals surface area (Å²) in [6, 6.07) is 12.7. The summed E-state index contributed by atoms with van der Waals surface area (Å²) >= 11 is 0. The Morgan fingerprint density at radius 3 is 2.00 bits per heavy atom. The minimum Gasteiger partial charge on any atom is -0.399 e. The molecule has 0 aliphatic rings. The van der Waals surface area contributed by atoms with E-state index < -0.39 is 11.7 Å². The van der Waals surface area contributed by atoms with Crippen LogP contribution in [-0.2, 0) is 12.7 Å². The van der Waals surface area contributed by atoms with Crippen molar-refractivity contribution in [3.8, 4) is 0 Å². The van der Waals surface area contributed by atoms with Crippen molar-refractivity contribution in [3.05, 3.63) is 59.7 Å². The van der Waals surface area contributed by atoms with E-state index in [1.165, 1.54) is 12.1 Å². The molecule has 0 aliphatic carbocycles. The molecule has 0 aromatic heterocycles. The highest BCUT2D eigenvalue weighted by Crippen LogP contribution is 2.30. The summed E-state index contributed by atoms with van der Waals surface area (Å²) in [5.74, 6) is 0. The molecule has 0 unspecified atom stereocenters. The van der Waals surface area contributed by atoms with Gasteiger partial charge in [-0.25, -0.2) is 0 Å². The maximum atomic E-state index is 12.6. The van der Waals surface area contributed by atoms with Gasteiger partial charge in [0, 0.05) is 24.5 Å². The SMILES string of the molecule is CCN(Cc1ccc(N)cc1)c1ccc(C(F)(F)F)cc1. The second kappa shape index (κ2) is 6.08. The number of alkyl halides is 3. The molecule has 0 atom stereocenters. The van der Waals surface area contributed by atoms with E-state index in [9.17, 15) is 13.2 Å². The van der Waals surface area contributed by atoms with E-state index in [0.29, 0.717) is 18.8 Å². The lowest BCUT2D eigenvalue weighted by atomic mass is 10.1. The fourth-order valence-electron chi connectivity index (χ4n) is 2.09. The number of halogens is 3. The van der Waals surface area contributed by atoms with Gasteiger partial charge in [-0.1, -0.05) is 12.1 Å². The Labute approximate surface area is 122 Å². The normalized spacial score (nSPS) is 11.4. The Morgan fingerprint density at radius 1 is 0.952 bits per heavy atom. The van der Waals surface area contributed by atoms with Crippen molar-refractivity contribution in [2.75, 3.05) is 17.2 Å². The summed E-state index contributed by atoms with van der Waals surface area (Å²) in [6.07, 6.45) is -4.30. The number of hydrogen-bond acceptors (Lipinski definition) is 2. The summed E-state index contributed by atoms with van der Waals surface area (Å²) in [6.45, 7) is 3.30. The van der Waals surface area contributed by atoms with E-state index in [4.69, 9.17) is 5.73 Å². The first kappa shape index (κ1) is 15.2. The molecule has 0 spiro atoms. The molecule has 0 amide bonds. The van der Waals surface area contributed by atoms with Crippen molar-refractivity contribution < 1.29 is 13.2 Å². The summed E-state index contributed by atoms with van der Waals surface area (Å²) in [7, 11) is 0. The lowest BCUT2D eigenvalue weighted by molar-refractivity contribution is -0.137. The van der Waals surface area contributed by atoms with Crippen LogP contribution in [0.2, 0.25) is 0 Å². The van der Waals surface area contributed by atoms with Gasteiger partial charge in [0.05, 0.1) is 5.56 Å². The summed E-state index contributed by atoms with van der Waals surface area (Å²) in [5, 5.41) is 0. The Morgan fingerprint density at radius 2 is 1.52 bits per heavy atom. The fraction of sp³-hybridized carbons (Fsp3) is 0.250. The maximum absolute atomic E-state index is 12.6. The monoisotopic (exact) mass is 294 g/mol. The molecule has 2 N–H and O–H groups in total. The average molecular weight is 294 g/mol. The zero-order valence-electron chi connectivity index (χ0n) is 11.7. The standard InChI is InChI=1S/C16H17F3N2/c1-2-21(11-12-3-7-14(20)8-4-12)15-9-5-13(6-10-15)16(17,18)19/h3-10H,2,11,20H2,1H3. The molecule has 2 aromatic carbocycles. The number of nitrogen functional groups attached to an aromatic ring is 1. The lowest BCUT2D eigenvalue weighted by Crippen LogP contribution is -2.22. The van der Waals surface area contributed by atoms with Crippen molar-refractivity contribution in [2.45, 2.75) is 19.6 Å². The zero-order valence-corrected chi connectivity index (χ0v) is 11.7. The number of anilines is 2. The second-order valence-corrected chi connectivity index (χ2v) is 4.80. The van der Waals surface area contributed by atoms with Crippen molar-refractivity contribution in [1.82, 2.24) is 0 Å². The van der Waals surface area contributed by atoms with E-state index in [-0.39, 0.29) is 0 Å². The second-order valence-electron chi connectivity index (χ2n) is 4.80. The van der Waals surface area contributed by atoms with E-state index in [1.54, 1.807) is 0 Å². The van der Waals surface area contributed by atoms with Gasteiger partial charge in [0.1, 0.15) is 0 Å².